The zero-order valence-corrected chi connectivity index (χ0v) is 9.46. The Labute approximate surface area is 97.0 Å². The number of carbonyl (C=O) groups excluding carboxylic acids is 2. The highest BCUT2D eigenvalue weighted by molar-refractivity contribution is 7.80. The van der Waals surface area contributed by atoms with Crippen LogP contribution in [0, 0.1) is 0 Å². The van der Waals surface area contributed by atoms with Gasteiger partial charge in [-0.25, -0.2) is 4.79 Å². The maximum absolute atomic E-state index is 11.7. The Bertz CT molecular complexity index is 462. The smallest absolute Gasteiger partial charge is 0.368 e. The van der Waals surface area contributed by atoms with Gasteiger partial charge in [-0.1, -0.05) is 0 Å². The molecular formula is C7H11N3O6S. The Balaban J connectivity index is 2.20. The van der Waals surface area contributed by atoms with Gasteiger partial charge < -0.3 is 10.6 Å². The number of hydrogen-bond donors (Lipinski definition) is 2. The average Bonchev–Trinajstić information content (AvgIpc) is 2.42. The van der Waals surface area contributed by atoms with E-state index in [9.17, 15) is 18.0 Å². The van der Waals surface area contributed by atoms with Crippen LogP contribution in [0.15, 0.2) is 0 Å². The molecule has 0 aromatic rings. The van der Waals surface area contributed by atoms with E-state index in [4.69, 9.17) is 10.3 Å². The molecule has 2 aliphatic rings. The number of nitrogens with zero attached hydrogens (tertiary/aromatic N) is 2. The van der Waals surface area contributed by atoms with Crippen LogP contribution in [0.2, 0.25) is 0 Å². The summed E-state index contributed by atoms with van der Waals surface area (Å²) in [5.41, 5.74) is 5.13. The minimum Gasteiger partial charge on any atom is -0.368 e. The number of hydroxylamine groups is 2. The monoisotopic (exact) mass is 265 g/mol. The number of rotatable bonds is 3. The molecule has 1 unspecified atom stereocenters. The number of fused-ring (bicyclic) bond motifs is 2. The molecule has 0 spiro atoms. The van der Waals surface area contributed by atoms with Gasteiger partial charge in [0.15, 0.2) is 0 Å². The molecule has 3 amide bonds. The van der Waals surface area contributed by atoms with Crippen LogP contribution in [-0.4, -0.2) is 53.5 Å². The highest BCUT2D eigenvalue weighted by Crippen LogP contribution is 2.30. The molecule has 0 radical (unpaired) electrons. The van der Waals surface area contributed by atoms with Gasteiger partial charge in [0.25, 0.3) is 0 Å². The van der Waals surface area contributed by atoms with Gasteiger partial charge in [-0.3, -0.25) is 9.35 Å². The standard InChI is InChI=1S/C7H11N3O6S/c8-6(11)5-2-1-4-3-9(5)7(12)10(4)16-17(13,14)15/h4-5H,1-3H2,(H2,8,11)(H,13,14,15)/t4-,5?/m1/s1. The fraction of sp³-hybridized carbons (Fsp3) is 0.714. The lowest BCUT2D eigenvalue weighted by molar-refractivity contribution is -0.122. The van der Waals surface area contributed by atoms with E-state index < -0.39 is 34.4 Å². The lowest BCUT2D eigenvalue weighted by Crippen LogP contribution is -2.47. The van der Waals surface area contributed by atoms with Crippen molar-refractivity contribution in [3.8, 4) is 0 Å². The van der Waals surface area contributed by atoms with E-state index in [0.717, 1.165) is 4.90 Å². The highest BCUT2D eigenvalue weighted by atomic mass is 32.3. The van der Waals surface area contributed by atoms with Gasteiger partial charge in [-0.2, -0.15) is 13.5 Å². The van der Waals surface area contributed by atoms with Crippen molar-refractivity contribution in [3.05, 3.63) is 0 Å². The third kappa shape index (κ3) is 2.18. The average molecular weight is 265 g/mol. The molecule has 2 fully saturated rings. The van der Waals surface area contributed by atoms with E-state index in [1.807, 2.05) is 0 Å². The summed E-state index contributed by atoms with van der Waals surface area (Å²) in [7, 11) is -4.75. The first-order valence-corrected chi connectivity index (χ1v) is 6.22. The van der Waals surface area contributed by atoms with Crippen molar-refractivity contribution in [1.82, 2.24) is 9.96 Å². The quantitative estimate of drug-likeness (QED) is 0.595. The molecule has 0 aliphatic carbocycles. The van der Waals surface area contributed by atoms with Gasteiger partial charge in [0.05, 0.1) is 6.04 Å². The van der Waals surface area contributed by atoms with Crippen LogP contribution in [0.25, 0.3) is 0 Å². The summed E-state index contributed by atoms with van der Waals surface area (Å²) in [6, 6.07) is -2.04. The van der Waals surface area contributed by atoms with Crippen LogP contribution in [-0.2, 0) is 19.5 Å². The minimum absolute atomic E-state index is 0.155. The number of carbonyl (C=O) groups is 2. The van der Waals surface area contributed by atoms with Crippen LogP contribution < -0.4 is 5.73 Å². The molecule has 2 heterocycles. The molecule has 96 valence electrons. The van der Waals surface area contributed by atoms with Crippen LogP contribution in [0.4, 0.5) is 4.79 Å². The molecule has 2 atom stereocenters. The van der Waals surface area contributed by atoms with E-state index in [1.54, 1.807) is 0 Å². The maximum Gasteiger partial charge on any atom is 0.418 e. The summed E-state index contributed by atoms with van der Waals surface area (Å²) >= 11 is 0. The van der Waals surface area contributed by atoms with Crippen LogP contribution in [0.5, 0.6) is 0 Å². The van der Waals surface area contributed by atoms with Crippen LogP contribution in [0.1, 0.15) is 12.8 Å². The van der Waals surface area contributed by atoms with Gasteiger partial charge in [0, 0.05) is 6.54 Å². The molecular weight excluding hydrogens is 254 g/mol. The summed E-state index contributed by atoms with van der Waals surface area (Å²) in [6.45, 7) is 0.155. The summed E-state index contributed by atoms with van der Waals surface area (Å²) in [5, 5.41) is 0.568. The summed E-state index contributed by atoms with van der Waals surface area (Å²) in [5.74, 6) is -0.648. The third-order valence-electron chi connectivity index (χ3n) is 2.83. The number of urea groups is 1. The van der Waals surface area contributed by atoms with E-state index in [1.165, 1.54) is 0 Å². The highest BCUT2D eigenvalue weighted by Gasteiger charge is 2.48. The SMILES string of the molecule is NC(=O)C1CC[C@@H]2CN1C(=O)N2OS(=O)(=O)O. The first-order valence-electron chi connectivity index (χ1n) is 4.86. The molecule has 17 heavy (non-hydrogen) atoms. The Hall–Kier alpha value is -1.39. The molecule has 2 bridgehead atoms. The Morgan fingerprint density at radius 1 is 1.47 bits per heavy atom. The fourth-order valence-electron chi connectivity index (χ4n) is 2.13. The Morgan fingerprint density at radius 3 is 2.65 bits per heavy atom. The number of amides is 3. The van der Waals surface area contributed by atoms with E-state index in [0.29, 0.717) is 17.9 Å². The minimum atomic E-state index is -4.75. The third-order valence-corrected chi connectivity index (χ3v) is 3.17. The van der Waals surface area contributed by atoms with Gasteiger partial charge >= 0.3 is 16.4 Å². The molecule has 2 aliphatic heterocycles. The van der Waals surface area contributed by atoms with Gasteiger partial charge in [-0.05, 0) is 12.8 Å². The number of hydrogen-bond acceptors (Lipinski definition) is 5. The van der Waals surface area contributed by atoms with Crippen LogP contribution in [0.3, 0.4) is 0 Å². The second-order valence-electron chi connectivity index (χ2n) is 3.91. The first-order chi connectivity index (χ1) is 7.79. The van der Waals surface area contributed by atoms with Crippen molar-refractivity contribution < 1.29 is 26.8 Å². The molecule has 0 saturated carbocycles. The summed E-state index contributed by atoms with van der Waals surface area (Å²) < 4.78 is 33.8. The zero-order valence-electron chi connectivity index (χ0n) is 8.64. The van der Waals surface area contributed by atoms with Crippen molar-refractivity contribution in [2.24, 2.45) is 5.73 Å². The molecule has 2 rings (SSSR count). The lowest BCUT2D eigenvalue weighted by atomic mass is 10.0. The normalized spacial score (nSPS) is 28.6. The number of primary amides is 1. The number of nitrogens with two attached hydrogens (primary N) is 1. The molecule has 0 aromatic heterocycles. The largest absolute Gasteiger partial charge is 0.418 e. The van der Waals surface area contributed by atoms with Gasteiger partial charge in [-0.15, -0.1) is 4.28 Å². The van der Waals surface area contributed by atoms with E-state index in [-0.39, 0.29) is 6.54 Å². The summed E-state index contributed by atoms with van der Waals surface area (Å²) in [6.07, 6.45) is 0.725. The first kappa shape index (κ1) is 12.1. The molecule has 2 saturated heterocycles. The summed E-state index contributed by atoms with van der Waals surface area (Å²) in [4.78, 5) is 23.9. The second-order valence-corrected chi connectivity index (χ2v) is 4.92. The van der Waals surface area contributed by atoms with E-state index >= 15 is 0 Å². The van der Waals surface area contributed by atoms with Crippen molar-refractivity contribution in [2.75, 3.05) is 6.54 Å². The van der Waals surface area contributed by atoms with Crippen LogP contribution >= 0.6 is 0 Å². The second kappa shape index (κ2) is 3.82. The Morgan fingerprint density at radius 2 is 2.12 bits per heavy atom. The van der Waals surface area contributed by atoms with E-state index in [2.05, 4.69) is 4.28 Å². The van der Waals surface area contributed by atoms with Gasteiger partial charge in [0.2, 0.25) is 5.91 Å². The molecule has 0 aromatic carbocycles. The Kier molecular flexibility index (Phi) is 2.72. The van der Waals surface area contributed by atoms with Crippen molar-refractivity contribution >= 4 is 22.3 Å². The van der Waals surface area contributed by atoms with Crippen molar-refractivity contribution in [3.63, 3.8) is 0 Å². The maximum atomic E-state index is 11.7. The lowest BCUT2D eigenvalue weighted by Gasteiger charge is -2.27. The number of piperidine rings is 1. The topological polar surface area (TPSA) is 130 Å². The molecule has 9 nitrogen and oxygen atoms in total. The fourth-order valence-corrected chi connectivity index (χ4v) is 2.52. The zero-order chi connectivity index (χ0) is 12.8. The van der Waals surface area contributed by atoms with Crippen molar-refractivity contribution in [1.29, 1.82) is 0 Å². The predicted octanol–water partition coefficient (Wildman–Crippen LogP) is -1.53. The van der Waals surface area contributed by atoms with Gasteiger partial charge in [0.1, 0.15) is 6.04 Å². The molecule has 3 N–H and O–H groups in total. The predicted molar refractivity (Wildman–Crippen MR) is 52.6 cm³/mol. The molecule has 10 heteroatoms. The van der Waals surface area contributed by atoms with Crippen molar-refractivity contribution in [2.45, 2.75) is 24.9 Å².